The van der Waals surface area contributed by atoms with Crippen molar-refractivity contribution in [2.24, 2.45) is 0 Å². The van der Waals surface area contributed by atoms with Crippen LogP contribution in [0.3, 0.4) is 0 Å². The number of amides is 1. The van der Waals surface area contributed by atoms with Gasteiger partial charge in [-0.3, -0.25) is 9.89 Å². The Hall–Kier alpha value is -2.50. The Morgan fingerprint density at radius 3 is 3.14 bits per heavy atom. The second kappa shape index (κ2) is 6.09. The molecule has 1 aromatic carbocycles. The molecule has 6 heteroatoms. The molecule has 2 heterocycles. The molecule has 1 unspecified atom stereocenters. The molecule has 3 rings (SSSR count). The summed E-state index contributed by atoms with van der Waals surface area (Å²) in [7, 11) is 0. The Balaban J connectivity index is 1.77. The molecule has 1 aliphatic heterocycles. The number of aromatic amines is 1. The lowest BCUT2D eigenvalue weighted by Gasteiger charge is -2.13. The predicted molar refractivity (Wildman–Crippen MR) is 81.2 cm³/mol. The summed E-state index contributed by atoms with van der Waals surface area (Å²) in [6, 6.07) is 5.60. The van der Waals surface area contributed by atoms with Gasteiger partial charge in [-0.25, -0.2) is 0 Å². The molecule has 0 radical (unpaired) electrons. The van der Waals surface area contributed by atoms with E-state index in [0.717, 1.165) is 29.0 Å². The summed E-state index contributed by atoms with van der Waals surface area (Å²) < 4.78 is 11.5. The Bertz CT molecular complexity index is 668. The van der Waals surface area contributed by atoms with Crippen LogP contribution in [0.2, 0.25) is 0 Å². The van der Waals surface area contributed by atoms with E-state index in [-0.39, 0.29) is 12.0 Å². The van der Waals surface area contributed by atoms with Crippen LogP contribution in [-0.2, 0) is 13.0 Å². The van der Waals surface area contributed by atoms with Gasteiger partial charge in [-0.1, -0.05) is 0 Å². The molecule has 1 aromatic heterocycles. The molecule has 0 fully saturated rings. The first-order valence-corrected chi connectivity index (χ1v) is 7.40. The topological polar surface area (TPSA) is 76.2 Å². The van der Waals surface area contributed by atoms with E-state index in [1.165, 1.54) is 0 Å². The molecule has 2 aromatic rings. The summed E-state index contributed by atoms with van der Waals surface area (Å²) in [5.41, 5.74) is 2.49. The number of ether oxygens (including phenoxy) is 2. The second-order valence-electron chi connectivity index (χ2n) is 5.29. The number of benzene rings is 1. The van der Waals surface area contributed by atoms with E-state index < -0.39 is 0 Å². The number of H-pyrrole nitrogens is 1. The molecule has 1 aliphatic rings. The van der Waals surface area contributed by atoms with E-state index in [4.69, 9.17) is 9.47 Å². The molecular formula is C16H19N3O3. The highest BCUT2D eigenvalue weighted by atomic mass is 16.5. The van der Waals surface area contributed by atoms with Gasteiger partial charge in [0.15, 0.2) is 0 Å². The van der Waals surface area contributed by atoms with Crippen LogP contribution in [0, 0.1) is 0 Å². The van der Waals surface area contributed by atoms with Crippen molar-refractivity contribution < 1.29 is 14.3 Å². The lowest BCUT2D eigenvalue weighted by Crippen LogP contribution is -2.23. The molecule has 0 saturated carbocycles. The molecule has 116 valence electrons. The van der Waals surface area contributed by atoms with E-state index in [2.05, 4.69) is 15.5 Å². The van der Waals surface area contributed by atoms with Gasteiger partial charge in [0.05, 0.1) is 6.61 Å². The number of aromatic nitrogens is 2. The molecule has 1 amide bonds. The number of fused-ring (bicyclic) bond motifs is 1. The van der Waals surface area contributed by atoms with Gasteiger partial charge in [-0.15, -0.1) is 0 Å². The Kier molecular flexibility index (Phi) is 4.00. The lowest BCUT2D eigenvalue weighted by molar-refractivity contribution is 0.0945. The minimum absolute atomic E-state index is 0.180. The second-order valence-corrected chi connectivity index (χ2v) is 5.29. The van der Waals surface area contributed by atoms with Crippen molar-refractivity contribution >= 4 is 5.91 Å². The van der Waals surface area contributed by atoms with Crippen LogP contribution in [0.4, 0.5) is 0 Å². The van der Waals surface area contributed by atoms with Crippen LogP contribution in [0.25, 0.3) is 0 Å². The minimum Gasteiger partial charge on any atom is -0.494 e. The van der Waals surface area contributed by atoms with Crippen molar-refractivity contribution in [2.75, 3.05) is 6.61 Å². The van der Waals surface area contributed by atoms with Gasteiger partial charge in [0.2, 0.25) is 0 Å². The first-order valence-electron chi connectivity index (χ1n) is 7.40. The maximum absolute atomic E-state index is 12.0. The van der Waals surface area contributed by atoms with E-state index in [1.807, 2.05) is 26.0 Å². The number of carbonyl (C=O) groups is 1. The molecule has 2 N–H and O–H groups in total. The molecular weight excluding hydrogens is 282 g/mol. The first kappa shape index (κ1) is 14.4. The van der Waals surface area contributed by atoms with E-state index in [1.54, 1.807) is 12.3 Å². The predicted octanol–water partition coefficient (Wildman–Crippen LogP) is 2.06. The van der Waals surface area contributed by atoms with Crippen molar-refractivity contribution in [3.63, 3.8) is 0 Å². The fraction of sp³-hybridized carbons (Fsp3) is 0.375. The van der Waals surface area contributed by atoms with Crippen molar-refractivity contribution in [3.8, 4) is 11.5 Å². The fourth-order valence-corrected chi connectivity index (χ4v) is 2.56. The number of rotatable bonds is 5. The first-order chi connectivity index (χ1) is 10.7. The van der Waals surface area contributed by atoms with Crippen LogP contribution < -0.4 is 14.8 Å². The summed E-state index contributed by atoms with van der Waals surface area (Å²) in [5, 5.41) is 9.27. The third-order valence-corrected chi connectivity index (χ3v) is 3.56. The summed E-state index contributed by atoms with van der Waals surface area (Å²) in [6.45, 7) is 4.94. The van der Waals surface area contributed by atoms with Gasteiger partial charge < -0.3 is 14.8 Å². The Labute approximate surface area is 128 Å². The monoisotopic (exact) mass is 301 g/mol. The van der Waals surface area contributed by atoms with Gasteiger partial charge in [-0.05, 0) is 32.0 Å². The highest BCUT2D eigenvalue weighted by molar-refractivity contribution is 5.92. The van der Waals surface area contributed by atoms with Crippen molar-refractivity contribution in [2.45, 2.75) is 32.9 Å². The number of nitrogens with zero attached hydrogens (tertiary/aromatic N) is 1. The standard InChI is InChI=1S/C16H19N3O3/c1-3-21-14-7-11-6-10(2)22-15(11)8-12(14)9-17-16(20)13-4-5-18-19-13/h4-5,7-8,10H,3,6,9H2,1-2H3,(H,17,20)(H,18,19). The largest absolute Gasteiger partial charge is 0.494 e. The number of hydrogen-bond donors (Lipinski definition) is 2. The summed E-state index contributed by atoms with van der Waals surface area (Å²) in [6.07, 6.45) is 2.61. The van der Waals surface area contributed by atoms with E-state index in [0.29, 0.717) is 18.8 Å². The Morgan fingerprint density at radius 2 is 2.41 bits per heavy atom. The molecule has 1 atom stereocenters. The normalized spacial score (nSPS) is 16.0. The van der Waals surface area contributed by atoms with E-state index in [9.17, 15) is 4.79 Å². The maximum Gasteiger partial charge on any atom is 0.269 e. The highest BCUT2D eigenvalue weighted by Crippen LogP contribution is 2.35. The maximum atomic E-state index is 12.0. The molecule has 0 bridgehead atoms. The molecule has 0 saturated heterocycles. The fourth-order valence-electron chi connectivity index (χ4n) is 2.56. The van der Waals surface area contributed by atoms with Crippen LogP contribution in [-0.4, -0.2) is 28.8 Å². The summed E-state index contributed by atoms with van der Waals surface area (Å²) in [5.74, 6) is 1.47. The number of hydrogen-bond acceptors (Lipinski definition) is 4. The summed E-state index contributed by atoms with van der Waals surface area (Å²) in [4.78, 5) is 12.0. The third-order valence-electron chi connectivity index (χ3n) is 3.56. The van der Waals surface area contributed by atoms with Gasteiger partial charge in [0, 0.05) is 30.3 Å². The lowest BCUT2D eigenvalue weighted by atomic mass is 10.1. The zero-order valence-electron chi connectivity index (χ0n) is 12.7. The average molecular weight is 301 g/mol. The minimum atomic E-state index is -0.199. The quantitative estimate of drug-likeness (QED) is 0.886. The highest BCUT2D eigenvalue weighted by Gasteiger charge is 2.22. The Morgan fingerprint density at radius 1 is 1.55 bits per heavy atom. The van der Waals surface area contributed by atoms with Gasteiger partial charge in [0.1, 0.15) is 23.3 Å². The average Bonchev–Trinajstić information content (AvgIpc) is 3.13. The van der Waals surface area contributed by atoms with Crippen LogP contribution >= 0.6 is 0 Å². The van der Waals surface area contributed by atoms with Gasteiger partial charge in [-0.2, -0.15) is 5.10 Å². The molecule has 6 nitrogen and oxygen atoms in total. The third kappa shape index (κ3) is 2.90. The molecule has 0 spiro atoms. The SMILES string of the molecule is CCOc1cc2c(cc1CNC(=O)c1ccn[nH]1)OC(C)C2. The summed E-state index contributed by atoms with van der Waals surface area (Å²) >= 11 is 0. The smallest absolute Gasteiger partial charge is 0.269 e. The molecule has 22 heavy (non-hydrogen) atoms. The van der Waals surface area contributed by atoms with Crippen molar-refractivity contribution in [3.05, 3.63) is 41.2 Å². The van der Waals surface area contributed by atoms with E-state index >= 15 is 0 Å². The number of nitrogens with one attached hydrogen (secondary N) is 2. The van der Waals surface area contributed by atoms with Gasteiger partial charge >= 0.3 is 0 Å². The van der Waals surface area contributed by atoms with Crippen LogP contribution in [0.1, 0.15) is 35.5 Å². The van der Waals surface area contributed by atoms with Crippen LogP contribution in [0.15, 0.2) is 24.4 Å². The van der Waals surface area contributed by atoms with Crippen molar-refractivity contribution in [1.29, 1.82) is 0 Å². The number of carbonyl (C=O) groups excluding carboxylic acids is 1. The van der Waals surface area contributed by atoms with Crippen LogP contribution in [0.5, 0.6) is 11.5 Å². The van der Waals surface area contributed by atoms with Gasteiger partial charge in [0.25, 0.3) is 5.91 Å². The zero-order chi connectivity index (χ0) is 15.5. The molecule has 0 aliphatic carbocycles. The zero-order valence-corrected chi connectivity index (χ0v) is 12.7. The van der Waals surface area contributed by atoms with Crippen molar-refractivity contribution in [1.82, 2.24) is 15.5 Å².